The standard InChI is InChI=1S/C11H11BrN2O3S/c1-11(6-17-5-10(18)13-11)8-4-7(12)2-3-9(8)14(15)16/h2-4H,5-6H2,1H3,(H,13,18)/t11-/m0/s1. The summed E-state index contributed by atoms with van der Waals surface area (Å²) in [4.78, 5) is 11.2. The average Bonchev–Trinajstić information content (AvgIpc) is 2.28. The lowest BCUT2D eigenvalue weighted by Gasteiger charge is -2.35. The van der Waals surface area contributed by atoms with E-state index in [2.05, 4.69) is 21.2 Å². The van der Waals surface area contributed by atoms with Gasteiger partial charge in [-0.1, -0.05) is 28.1 Å². The summed E-state index contributed by atoms with van der Waals surface area (Å²) in [5.41, 5.74) is -0.0629. The number of morpholine rings is 1. The molecule has 0 spiro atoms. The van der Waals surface area contributed by atoms with Crippen LogP contribution in [0.15, 0.2) is 22.7 Å². The Morgan fingerprint density at radius 2 is 2.33 bits per heavy atom. The van der Waals surface area contributed by atoms with Crippen molar-refractivity contribution in [3.63, 3.8) is 0 Å². The third-order valence-corrected chi connectivity index (χ3v) is 3.50. The molecule has 1 saturated heterocycles. The van der Waals surface area contributed by atoms with Gasteiger partial charge >= 0.3 is 0 Å². The Hall–Kier alpha value is -1.05. The fourth-order valence-electron chi connectivity index (χ4n) is 1.98. The van der Waals surface area contributed by atoms with Gasteiger partial charge in [0.15, 0.2) is 0 Å². The topological polar surface area (TPSA) is 64.4 Å². The van der Waals surface area contributed by atoms with Crippen molar-refractivity contribution in [2.45, 2.75) is 12.5 Å². The molecule has 1 atom stereocenters. The molecule has 18 heavy (non-hydrogen) atoms. The Labute approximate surface area is 118 Å². The van der Waals surface area contributed by atoms with Crippen molar-refractivity contribution in [2.24, 2.45) is 0 Å². The van der Waals surface area contributed by atoms with E-state index in [9.17, 15) is 10.1 Å². The van der Waals surface area contributed by atoms with Crippen LogP contribution in [0.3, 0.4) is 0 Å². The highest BCUT2D eigenvalue weighted by molar-refractivity contribution is 9.10. The van der Waals surface area contributed by atoms with Crippen molar-refractivity contribution in [1.29, 1.82) is 0 Å². The molecule has 2 rings (SSSR count). The molecule has 96 valence electrons. The Bertz CT molecular complexity index is 523. The van der Waals surface area contributed by atoms with E-state index in [4.69, 9.17) is 17.0 Å². The van der Waals surface area contributed by atoms with E-state index < -0.39 is 10.5 Å². The number of hydrogen-bond donors (Lipinski definition) is 1. The van der Waals surface area contributed by atoms with E-state index in [1.165, 1.54) is 6.07 Å². The van der Waals surface area contributed by atoms with Crippen LogP contribution in [0.5, 0.6) is 0 Å². The van der Waals surface area contributed by atoms with Gasteiger partial charge in [0.05, 0.1) is 29.2 Å². The number of ether oxygens (including phenoxy) is 1. The van der Waals surface area contributed by atoms with Crippen molar-refractivity contribution < 1.29 is 9.66 Å². The molecule has 0 saturated carbocycles. The normalized spacial score (nSPS) is 23.6. The molecule has 0 aliphatic carbocycles. The van der Waals surface area contributed by atoms with Crippen LogP contribution >= 0.6 is 28.1 Å². The number of thiocarbonyl (C=S) groups is 1. The van der Waals surface area contributed by atoms with Crippen LogP contribution in [0.2, 0.25) is 0 Å². The molecule has 1 aromatic carbocycles. The maximum atomic E-state index is 11.1. The van der Waals surface area contributed by atoms with Gasteiger partial charge < -0.3 is 10.1 Å². The SMILES string of the molecule is C[C@@]1(c2cc(Br)ccc2[N+](=O)[O-])COCC(=S)N1. The summed E-state index contributed by atoms with van der Waals surface area (Å²) in [7, 11) is 0. The molecule has 1 aliphatic rings. The average molecular weight is 331 g/mol. The van der Waals surface area contributed by atoms with Crippen LogP contribution in [0.1, 0.15) is 12.5 Å². The third kappa shape index (κ3) is 2.52. The van der Waals surface area contributed by atoms with Crippen LogP contribution in [0.25, 0.3) is 0 Å². The summed E-state index contributed by atoms with van der Waals surface area (Å²) in [6.07, 6.45) is 0. The second-order valence-corrected chi connectivity index (χ2v) is 5.70. The van der Waals surface area contributed by atoms with E-state index in [0.29, 0.717) is 23.8 Å². The molecule has 7 heteroatoms. The predicted molar refractivity (Wildman–Crippen MR) is 74.7 cm³/mol. The van der Waals surface area contributed by atoms with Crippen molar-refractivity contribution in [2.75, 3.05) is 13.2 Å². The van der Waals surface area contributed by atoms with Gasteiger partial charge in [-0.15, -0.1) is 0 Å². The summed E-state index contributed by atoms with van der Waals surface area (Å²) >= 11 is 8.41. The lowest BCUT2D eigenvalue weighted by atomic mass is 9.90. The predicted octanol–water partition coefficient (Wildman–Crippen LogP) is 2.52. The monoisotopic (exact) mass is 330 g/mol. The summed E-state index contributed by atoms with van der Waals surface area (Å²) in [5.74, 6) is 0. The first-order valence-corrected chi connectivity index (χ1v) is 6.46. The van der Waals surface area contributed by atoms with Crippen LogP contribution in [-0.2, 0) is 10.3 Å². The zero-order chi connectivity index (χ0) is 13.3. The summed E-state index contributed by atoms with van der Waals surface area (Å²) in [6.45, 7) is 2.53. The molecule has 1 aliphatic heterocycles. The first-order valence-electron chi connectivity index (χ1n) is 5.25. The molecule has 0 aromatic heterocycles. The van der Waals surface area contributed by atoms with Crippen LogP contribution in [0, 0.1) is 10.1 Å². The Kier molecular flexibility index (Phi) is 3.65. The number of nitrogens with one attached hydrogen (secondary N) is 1. The van der Waals surface area contributed by atoms with Gasteiger partial charge in [-0.25, -0.2) is 0 Å². The Morgan fingerprint density at radius 3 is 2.94 bits per heavy atom. The molecule has 0 unspecified atom stereocenters. The highest BCUT2D eigenvalue weighted by atomic mass is 79.9. The smallest absolute Gasteiger partial charge is 0.275 e. The fourth-order valence-corrected chi connectivity index (χ4v) is 2.65. The highest BCUT2D eigenvalue weighted by Crippen LogP contribution is 2.33. The van der Waals surface area contributed by atoms with Crippen LogP contribution in [0.4, 0.5) is 5.69 Å². The molecular weight excluding hydrogens is 320 g/mol. The minimum atomic E-state index is -0.679. The van der Waals surface area contributed by atoms with Crippen molar-refractivity contribution in [3.8, 4) is 0 Å². The Morgan fingerprint density at radius 1 is 1.61 bits per heavy atom. The molecule has 5 nitrogen and oxygen atoms in total. The number of nitro groups is 1. The molecule has 0 bridgehead atoms. The number of benzene rings is 1. The van der Waals surface area contributed by atoms with Gasteiger partial charge in [0.25, 0.3) is 5.69 Å². The van der Waals surface area contributed by atoms with E-state index in [1.807, 2.05) is 6.92 Å². The lowest BCUT2D eigenvalue weighted by Crippen LogP contribution is -2.52. The van der Waals surface area contributed by atoms with Gasteiger partial charge in [-0.2, -0.15) is 0 Å². The lowest BCUT2D eigenvalue weighted by molar-refractivity contribution is -0.386. The zero-order valence-corrected chi connectivity index (χ0v) is 12.0. The third-order valence-electron chi connectivity index (χ3n) is 2.79. The van der Waals surface area contributed by atoms with Crippen LogP contribution in [-0.4, -0.2) is 23.1 Å². The maximum absolute atomic E-state index is 11.1. The second kappa shape index (κ2) is 4.91. The number of nitrogens with zero attached hydrogens (tertiary/aromatic N) is 1. The van der Waals surface area contributed by atoms with E-state index in [1.54, 1.807) is 12.1 Å². The number of hydrogen-bond acceptors (Lipinski definition) is 4. The van der Waals surface area contributed by atoms with Crippen LogP contribution < -0.4 is 5.32 Å². The first kappa shape index (κ1) is 13.4. The maximum Gasteiger partial charge on any atom is 0.275 e. The van der Waals surface area contributed by atoms with E-state index >= 15 is 0 Å². The summed E-state index contributed by atoms with van der Waals surface area (Å²) in [5, 5.41) is 14.2. The molecule has 1 heterocycles. The van der Waals surface area contributed by atoms with E-state index in [0.717, 1.165) is 4.47 Å². The number of nitro benzene ring substituents is 1. The fraction of sp³-hybridized carbons (Fsp3) is 0.364. The quantitative estimate of drug-likeness (QED) is 0.512. The summed E-state index contributed by atoms with van der Waals surface area (Å²) < 4.78 is 6.16. The minimum absolute atomic E-state index is 0.0569. The molecule has 0 amide bonds. The Balaban J connectivity index is 2.51. The first-order chi connectivity index (χ1) is 8.42. The molecular formula is C11H11BrN2O3S. The number of halogens is 1. The summed E-state index contributed by atoms with van der Waals surface area (Å²) in [6, 6.07) is 4.85. The number of rotatable bonds is 2. The molecule has 0 radical (unpaired) electrons. The van der Waals surface area contributed by atoms with E-state index in [-0.39, 0.29) is 5.69 Å². The van der Waals surface area contributed by atoms with Crippen molar-refractivity contribution in [3.05, 3.63) is 38.3 Å². The largest absolute Gasteiger partial charge is 0.372 e. The van der Waals surface area contributed by atoms with Gasteiger partial charge in [-0.3, -0.25) is 10.1 Å². The van der Waals surface area contributed by atoms with Gasteiger partial charge in [-0.05, 0) is 19.1 Å². The van der Waals surface area contributed by atoms with Gasteiger partial charge in [0.2, 0.25) is 0 Å². The van der Waals surface area contributed by atoms with Crippen molar-refractivity contribution >= 4 is 38.8 Å². The van der Waals surface area contributed by atoms with Crippen molar-refractivity contribution in [1.82, 2.24) is 5.32 Å². The molecule has 1 fully saturated rings. The highest BCUT2D eigenvalue weighted by Gasteiger charge is 2.36. The molecule has 1 aromatic rings. The minimum Gasteiger partial charge on any atom is -0.372 e. The van der Waals surface area contributed by atoms with Gasteiger partial charge in [0, 0.05) is 10.5 Å². The second-order valence-electron chi connectivity index (χ2n) is 4.29. The molecule has 1 N–H and O–H groups in total. The van der Waals surface area contributed by atoms with Gasteiger partial charge in [0.1, 0.15) is 4.99 Å². The zero-order valence-electron chi connectivity index (χ0n) is 9.60.